The summed E-state index contributed by atoms with van der Waals surface area (Å²) in [6.45, 7) is 3.99. The molecule has 2 nitrogen and oxygen atoms in total. The second-order valence-corrected chi connectivity index (χ2v) is 6.02. The first-order valence-corrected chi connectivity index (χ1v) is 7.03. The Morgan fingerprint density at radius 3 is 2.76 bits per heavy atom. The lowest BCUT2D eigenvalue weighted by atomic mass is 10.1. The largest absolute Gasteiger partial charge is 0.369 e. The van der Waals surface area contributed by atoms with Crippen molar-refractivity contribution < 1.29 is 5.11 Å². The minimum atomic E-state index is -0.906. The normalized spacial score (nSPS) is 28.9. The zero-order chi connectivity index (χ0) is 12.3. The highest BCUT2D eigenvalue weighted by Crippen LogP contribution is 2.35. The predicted molar refractivity (Wildman–Crippen MR) is 74.5 cm³/mol. The molecule has 0 bridgehead atoms. The van der Waals surface area contributed by atoms with E-state index in [-0.39, 0.29) is 0 Å². The Morgan fingerprint density at radius 2 is 2.12 bits per heavy atom. The SMILES string of the molecule is CCC[C@H]1C[C@@](C)(O)N=C(c2ccccc2)S1. The first kappa shape index (κ1) is 12.7. The molecule has 0 saturated carbocycles. The lowest BCUT2D eigenvalue weighted by Gasteiger charge is -2.31. The van der Waals surface area contributed by atoms with Crippen LogP contribution in [0.2, 0.25) is 0 Å². The van der Waals surface area contributed by atoms with Crippen LogP contribution in [0, 0.1) is 0 Å². The Kier molecular flexibility index (Phi) is 3.89. The average molecular weight is 249 g/mol. The number of benzene rings is 1. The summed E-state index contributed by atoms with van der Waals surface area (Å²) < 4.78 is 0. The minimum absolute atomic E-state index is 0.475. The monoisotopic (exact) mass is 249 g/mol. The molecule has 1 N–H and O–H groups in total. The molecule has 0 radical (unpaired) electrons. The topological polar surface area (TPSA) is 32.6 Å². The van der Waals surface area contributed by atoms with E-state index in [2.05, 4.69) is 24.0 Å². The molecule has 0 spiro atoms. The molecule has 3 heteroatoms. The third-order valence-corrected chi connectivity index (χ3v) is 4.15. The number of aliphatic imine (C=N–C) groups is 1. The van der Waals surface area contributed by atoms with E-state index in [0.717, 1.165) is 29.9 Å². The molecular formula is C14H19NOS. The molecular weight excluding hydrogens is 230 g/mol. The van der Waals surface area contributed by atoms with Crippen LogP contribution in [0.4, 0.5) is 0 Å². The van der Waals surface area contributed by atoms with E-state index in [1.807, 2.05) is 18.2 Å². The fourth-order valence-electron chi connectivity index (χ4n) is 2.12. The van der Waals surface area contributed by atoms with E-state index in [0.29, 0.717) is 5.25 Å². The van der Waals surface area contributed by atoms with Crippen LogP contribution in [0.15, 0.2) is 35.3 Å². The highest BCUT2D eigenvalue weighted by Gasteiger charge is 2.31. The maximum Gasteiger partial charge on any atom is 0.155 e. The van der Waals surface area contributed by atoms with Gasteiger partial charge in [-0.25, -0.2) is 4.99 Å². The van der Waals surface area contributed by atoms with Crippen molar-refractivity contribution in [2.45, 2.75) is 44.1 Å². The van der Waals surface area contributed by atoms with Gasteiger partial charge in [0.05, 0.1) is 0 Å². The number of aliphatic hydroxyl groups is 1. The van der Waals surface area contributed by atoms with E-state index in [9.17, 15) is 5.11 Å². The van der Waals surface area contributed by atoms with Gasteiger partial charge in [-0.1, -0.05) is 43.7 Å². The number of hydrogen-bond acceptors (Lipinski definition) is 3. The summed E-state index contributed by atoms with van der Waals surface area (Å²) in [5.74, 6) is 0. The van der Waals surface area contributed by atoms with Gasteiger partial charge in [0.25, 0.3) is 0 Å². The van der Waals surface area contributed by atoms with Crippen molar-refractivity contribution in [2.75, 3.05) is 0 Å². The molecule has 1 aliphatic rings. The van der Waals surface area contributed by atoms with Gasteiger partial charge < -0.3 is 5.11 Å². The summed E-state index contributed by atoms with van der Waals surface area (Å²) in [5, 5.41) is 11.6. The molecule has 0 aliphatic carbocycles. The van der Waals surface area contributed by atoms with Gasteiger partial charge in [-0.2, -0.15) is 0 Å². The summed E-state index contributed by atoms with van der Waals surface area (Å²) in [5.41, 5.74) is 0.203. The first-order chi connectivity index (χ1) is 8.11. The third kappa shape index (κ3) is 3.33. The zero-order valence-corrected chi connectivity index (χ0v) is 11.2. The average Bonchev–Trinajstić information content (AvgIpc) is 2.28. The maximum atomic E-state index is 10.2. The molecule has 2 rings (SSSR count). The van der Waals surface area contributed by atoms with Crippen LogP contribution in [0.5, 0.6) is 0 Å². The summed E-state index contributed by atoms with van der Waals surface area (Å²) in [4.78, 5) is 4.45. The Bertz CT molecular complexity index is 400. The summed E-state index contributed by atoms with van der Waals surface area (Å²) in [6, 6.07) is 10.1. The Hall–Kier alpha value is -0.800. The molecule has 1 heterocycles. The lowest BCUT2D eigenvalue weighted by molar-refractivity contribution is 0.0588. The van der Waals surface area contributed by atoms with Crippen LogP contribution in [-0.2, 0) is 0 Å². The van der Waals surface area contributed by atoms with E-state index < -0.39 is 5.72 Å². The summed E-state index contributed by atoms with van der Waals surface area (Å²) in [6.07, 6.45) is 3.03. The molecule has 17 heavy (non-hydrogen) atoms. The predicted octanol–water partition coefficient (Wildman–Crippen LogP) is 3.45. The second-order valence-electron chi connectivity index (χ2n) is 4.73. The van der Waals surface area contributed by atoms with Crippen LogP contribution in [-0.4, -0.2) is 21.1 Å². The molecule has 1 aliphatic heterocycles. The highest BCUT2D eigenvalue weighted by atomic mass is 32.2. The van der Waals surface area contributed by atoms with Crippen LogP contribution in [0.1, 0.15) is 38.7 Å². The zero-order valence-electron chi connectivity index (χ0n) is 10.4. The van der Waals surface area contributed by atoms with Crippen molar-refractivity contribution >= 4 is 16.8 Å². The van der Waals surface area contributed by atoms with Crippen molar-refractivity contribution in [3.63, 3.8) is 0 Å². The van der Waals surface area contributed by atoms with Gasteiger partial charge in [0, 0.05) is 17.2 Å². The molecule has 1 aromatic carbocycles. The van der Waals surface area contributed by atoms with Crippen LogP contribution < -0.4 is 0 Å². The van der Waals surface area contributed by atoms with Gasteiger partial charge in [0.2, 0.25) is 0 Å². The number of rotatable bonds is 3. The van der Waals surface area contributed by atoms with Crippen molar-refractivity contribution in [2.24, 2.45) is 4.99 Å². The summed E-state index contributed by atoms with van der Waals surface area (Å²) >= 11 is 1.80. The molecule has 0 unspecified atom stereocenters. The second kappa shape index (κ2) is 5.23. The molecule has 2 atom stereocenters. The van der Waals surface area contributed by atoms with Gasteiger partial charge in [-0.15, -0.1) is 11.8 Å². The van der Waals surface area contributed by atoms with Gasteiger partial charge in [-0.3, -0.25) is 0 Å². The number of hydrogen-bond donors (Lipinski definition) is 1. The molecule has 0 aromatic heterocycles. The molecule has 1 aromatic rings. The standard InChI is InChI=1S/C14H19NOS/c1-3-7-12-10-14(2,16)15-13(17-12)11-8-5-4-6-9-11/h4-6,8-9,12,16H,3,7,10H2,1-2H3/t12-,14+/m0/s1. The maximum absolute atomic E-state index is 10.2. The molecule has 0 saturated heterocycles. The molecule has 0 fully saturated rings. The smallest absolute Gasteiger partial charge is 0.155 e. The Balaban J connectivity index is 2.24. The van der Waals surface area contributed by atoms with E-state index in [1.54, 1.807) is 18.7 Å². The first-order valence-electron chi connectivity index (χ1n) is 6.15. The van der Waals surface area contributed by atoms with Crippen LogP contribution in [0.25, 0.3) is 0 Å². The Morgan fingerprint density at radius 1 is 1.41 bits per heavy atom. The van der Waals surface area contributed by atoms with Gasteiger partial charge in [-0.05, 0) is 13.3 Å². The third-order valence-electron chi connectivity index (χ3n) is 2.87. The van der Waals surface area contributed by atoms with Gasteiger partial charge in [0.1, 0.15) is 5.04 Å². The quantitative estimate of drug-likeness (QED) is 0.890. The van der Waals surface area contributed by atoms with E-state index >= 15 is 0 Å². The van der Waals surface area contributed by atoms with E-state index in [1.165, 1.54) is 0 Å². The van der Waals surface area contributed by atoms with Crippen LogP contribution in [0.3, 0.4) is 0 Å². The van der Waals surface area contributed by atoms with Crippen LogP contribution >= 0.6 is 11.8 Å². The highest BCUT2D eigenvalue weighted by molar-refractivity contribution is 8.15. The van der Waals surface area contributed by atoms with Crippen molar-refractivity contribution in [3.05, 3.63) is 35.9 Å². The fraction of sp³-hybridized carbons (Fsp3) is 0.500. The minimum Gasteiger partial charge on any atom is -0.369 e. The molecule has 0 amide bonds. The fourth-order valence-corrected chi connectivity index (χ4v) is 3.71. The number of thioether (sulfide) groups is 1. The van der Waals surface area contributed by atoms with E-state index in [4.69, 9.17) is 0 Å². The Labute approximate surface area is 107 Å². The van der Waals surface area contributed by atoms with Gasteiger partial charge in [0.15, 0.2) is 5.72 Å². The summed E-state index contributed by atoms with van der Waals surface area (Å²) in [7, 11) is 0. The number of nitrogens with zero attached hydrogens (tertiary/aromatic N) is 1. The van der Waals surface area contributed by atoms with Crippen molar-refractivity contribution in [1.82, 2.24) is 0 Å². The molecule has 92 valence electrons. The van der Waals surface area contributed by atoms with Crippen molar-refractivity contribution in [1.29, 1.82) is 0 Å². The van der Waals surface area contributed by atoms with Gasteiger partial charge >= 0.3 is 0 Å². The van der Waals surface area contributed by atoms with Crippen molar-refractivity contribution in [3.8, 4) is 0 Å². The lowest BCUT2D eigenvalue weighted by Crippen LogP contribution is -2.32.